The molecule has 0 spiro atoms. The molecule has 0 radical (unpaired) electrons. The second-order valence-electron chi connectivity index (χ2n) is 3.73. The fraction of sp³-hybridized carbons (Fsp3) is 0. The number of nitrogens with one attached hydrogen (secondary N) is 1. The zero-order valence-corrected chi connectivity index (χ0v) is 12.9. The molecule has 9 heteroatoms. The van der Waals surface area contributed by atoms with E-state index in [-0.39, 0.29) is 19.1 Å². The molecular weight excluding hydrogens is 343 g/mol. The lowest BCUT2D eigenvalue weighted by molar-refractivity contribution is 0.100. The fourth-order valence-corrected chi connectivity index (χ4v) is 4.31. The van der Waals surface area contributed by atoms with Crippen LogP contribution in [0.2, 0.25) is 9.36 Å². The largest absolute Gasteiger partial charge is 0.366 e. The molecule has 1 aromatic heterocycles. The monoisotopic (exact) mass is 350 g/mol. The number of primary amides is 1. The van der Waals surface area contributed by atoms with Crippen LogP contribution in [0.1, 0.15) is 10.4 Å². The summed E-state index contributed by atoms with van der Waals surface area (Å²) in [5.41, 5.74) is 5.68. The van der Waals surface area contributed by atoms with Gasteiger partial charge in [0.15, 0.2) is 0 Å². The zero-order valence-electron chi connectivity index (χ0n) is 9.76. The number of carbonyl (C=O) groups is 1. The molecule has 0 aliphatic heterocycles. The van der Waals surface area contributed by atoms with E-state index in [9.17, 15) is 13.2 Å². The van der Waals surface area contributed by atoms with Gasteiger partial charge in [0, 0.05) is 11.3 Å². The lowest BCUT2D eigenvalue weighted by Gasteiger charge is -2.06. The summed E-state index contributed by atoms with van der Waals surface area (Å²) in [6, 6.07) is 7.00. The summed E-state index contributed by atoms with van der Waals surface area (Å²) in [6.07, 6.45) is 0. The third kappa shape index (κ3) is 3.24. The van der Waals surface area contributed by atoms with Crippen LogP contribution in [0.5, 0.6) is 0 Å². The number of anilines is 1. The Hall–Kier alpha value is -1.28. The summed E-state index contributed by atoms with van der Waals surface area (Å²) < 4.78 is 26.7. The van der Waals surface area contributed by atoms with Crippen molar-refractivity contribution in [1.29, 1.82) is 0 Å². The van der Waals surface area contributed by atoms with E-state index in [2.05, 4.69) is 4.72 Å². The third-order valence-corrected chi connectivity index (χ3v) is 6.03. The van der Waals surface area contributed by atoms with Crippen LogP contribution in [0.25, 0.3) is 0 Å². The number of thiophene rings is 1. The second-order valence-corrected chi connectivity index (χ2v) is 7.70. The molecule has 1 amide bonds. The van der Waals surface area contributed by atoms with E-state index in [0.29, 0.717) is 5.69 Å². The SMILES string of the molecule is NC(=O)c1ccc(NS(=O)(=O)c2cc(Cl)c(Cl)s2)cc1. The Balaban J connectivity index is 2.26. The molecule has 2 aromatic rings. The Morgan fingerprint density at radius 3 is 2.25 bits per heavy atom. The molecule has 3 N–H and O–H groups in total. The number of halogens is 2. The normalized spacial score (nSPS) is 11.3. The van der Waals surface area contributed by atoms with Crippen molar-refractivity contribution in [3.05, 3.63) is 45.3 Å². The summed E-state index contributed by atoms with van der Waals surface area (Å²) in [5.74, 6) is -0.587. The maximum Gasteiger partial charge on any atom is 0.271 e. The van der Waals surface area contributed by atoms with Gasteiger partial charge >= 0.3 is 0 Å². The topological polar surface area (TPSA) is 89.3 Å². The molecule has 20 heavy (non-hydrogen) atoms. The van der Waals surface area contributed by atoms with Crippen molar-refractivity contribution in [2.75, 3.05) is 4.72 Å². The highest BCUT2D eigenvalue weighted by Crippen LogP contribution is 2.34. The molecule has 106 valence electrons. The predicted molar refractivity (Wildman–Crippen MR) is 80.1 cm³/mol. The van der Waals surface area contributed by atoms with Crippen molar-refractivity contribution < 1.29 is 13.2 Å². The van der Waals surface area contributed by atoms with Gasteiger partial charge in [0.2, 0.25) is 5.91 Å². The molecule has 0 saturated heterocycles. The average molecular weight is 351 g/mol. The lowest BCUT2D eigenvalue weighted by Crippen LogP contribution is -2.13. The van der Waals surface area contributed by atoms with Crippen LogP contribution in [0, 0.1) is 0 Å². The number of nitrogens with two attached hydrogens (primary N) is 1. The maximum atomic E-state index is 12.1. The molecule has 0 aliphatic rings. The van der Waals surface area contributed by atoms with Crippen LogP contribution < -0.4 is 10.5 Å². The van der Waals surface area contributed by atoms with E-state index >= 15 is 0 Å². The van der Waals surface area contributed by atoms with Crippen LogP contribution in [0.3, 0.4) is 0 Å². The first kappa shape index (κ1) is 15.1. The van der Waals surface area contributed by atoms with Gasteiger partial charge in [0.25, 0.3) is 10.0 Å². The number of rotatable bonds is 4. The van der Waals surface area contributed by atoms with Crippen molar-refractivity contribution in [3.63, 3.8) is 0 Å². The highest BCUT2D eigenvalue weighted by Gasteiger charge is 2.19. The van der Waals surface area contributed by atoms with E-state index < -0.39 is 15.9 Å². The molecule has 0 aliphatic carbocycles. The van der Waals surface area contributed by atoms with Crippen molar-refractivity contribution in [3.8, 4) is 0 Å². The molecule has 0 bridgehead atoms. The number of sulfonamides is 1. The Morgan fingerprint density at radius 2 is 1.80 bits per heavy atom. The molecule has 1 aromatic carbocycles. The van der Waals surface area contributed by atoms with Gasteiger partial charge in [-0.05, 0) is 30.3 Å². The summed E-state index contributed by atoms with van der Waals surface area (Å²) in [4.78, 5) is 10.9. The summed E-state index contributed by atoms with van der Waals surface area (Å²) in [6.45, 7) is 0. The lowest BCUT2D eigenvalue weighted by atomic mass is 10.2. The molecular formula is C11H8Cl2N2O3S2. The third-order valence-electron chi connectivity index (χ3n) is 2.31. The highest BCUT2D eigenvalue weighted by molar-refractivity contribution is 7.94. The van der Waals surface area contributed by atoms with Crippen LogP contribution in [-0.4, -0.2) is 14.3 Å². The Morgan fingerprint density at radius 1 is 1.20 bits per heavy atom. The number of carbonyl (C=O) groups excluding carboxylic acids is 1. The van der Waals surface area contributed by atoms with Gasteiger partial charge < -0.3 is 5.73 Å². The Bertz CT molecular complexity index is 735. The van der Waals surface area contributed by atoms with Gasteiger partial charge in [-0.2, -0.15) is 0 Å². The Kier molecular flexibility index (Phi) is 4.24. The van der Waals surface area contributed by atoms with Gasteiger partial charge in [-0.3, -0.25) is 9.52 Å². The van der Waals surface area contributed by atoms with E-state index in [1.165, 1.54) is 30.3 Å². The predicted octanol–water partition coefficient (Wildman–Crippen LogP) is 2.95. The van der Waals surface area contributed by atoms with Crippen molar-refractivity contribution in [2.45, 2.75) is 4.21 Å². The van der Waals surface area contributed by atoms with Crippen molar-refractivity contribution in [1.82, 2.24) is 0 Å². The minimum atomic E-state index is -3.76. The number of amides is 1. The molecule has 0 saturated carbocycles. The van der Waals surface area contributed by atoms with Gasteiger partial charge in [-0.15, -0.1) is 11.3 Å². The van der Waals surface area contributed by atoms with Gasteiger partial charge in [0.1, 0.15) is 8.55 Å². The number of hydrogen-bond donors (Lipinski definition) is 2. The minimum Gasteiger partial charge on any atom is -0.366 e. The molecule has 0 unspecified atom stereocenters. The first-order chi connectivity index (χ1) is 9.29. The highest BCUT2D eigenvalue weighted by atomic mass is 35.5. The zero-order chi connectivity index (χ0) is 14.9. The van der Waals surface area contributed by atoms with Crippen molar-refractivity contribution in [2.24, 2.45) is 5.73 Å². The maximum absolute atomic E-state index is 12.1. The molecule has 1 heterocycles. The van der Waals surface area contributed by atoms with Gasteiger partial charge in [-0.25, -0.2) is 8.42 Å². The van der Waals surface area contributed by atoms with Crippen LogP contribution >= 0.6 is 34.5 Å². The van der Waals surface area contributed by atoms with E-state index in [1.54, 1.807) is 0 Å². The second kappa shape index (κ2) is 5.61. The number of benzene rings is 1. The molecule has 0 fully saturated rings. The smallest absolute Gasteiger partial charge is 0.271 e. The summed E-state index contributed by atoms with van der Waals surface area (Å²) >= 11 is 12.3. The number of hydrogen-bond acceptors (Lipinski definition) is 4. The minimum absolute atomic E-state index is 0.00600. The summed E-state index contributed by atoms with van der Waals surface area (Å²) in [5, 5.41) is 0.182. The quantitative estimate of drug-likeness (QED) is 0.887. The van der Waals surface area contributed by atoms with Crippen LogP contribution in [0.15, 0.2) is 34.5 Å². The van der Waals surface area contributed by atoms with Crippen molar-refractivity contribution >= 4 is 56.2 Å². The van der Waals surface area contributed by atoms with Gasteiger partial charge in [0.05, 0.1) is 5.02 Å². The van der Waals surface area contributed by atoms with Crippen LogP contribution in [-0.2, 0) is 10.0 Å². The first-order valence-corrected chi connectivity index (χ1v) is 8.22. The van der Waals surface area contributed by atoms with E-state index in [4.69, 9.17) is 28.9 Å². The van der Waals surface area contributed by atoms with E-state index in [1.807, 2.05) is 0 Å². The average Bonchev–Trinajstić information content (AvgIpc) is 2.71. The Labute approximate surface area is 129 Å². The molecule has 2 rings (SSSR count). The standard InChI is InChI=1S/C11H8Cl2N2O3S2/c12-8-5-9(19-10(8)13)20(17,18)15-7-3-1-6(2-4-7)11(14)16/h1-5,15H,(H2,14,16). The first-order valence-electron chi connectivity index (χ1n) is 5.17. The van der Waals surface area contributed by atoms with Gasteiger partial charge in [-0.1, -0.05) is 23.2 Å². The van der Waals surface area contributed by atoms with Crippen LogP contribution in [0.4, 0.5) is 5.69 Å². The van der Waals surface area contributed by atoms with E-state index in [0.717, 1.165) is 11.3 Å². The molecule has 0 atom stereocenters. The summed E-state index contributed by atoms with van der Waals surface area (Å²) in [7, 11) is -3.76. The fourth-order valence-electron chi connectivity index (χ4n) is 1.37. The molecule has 5 nitrogen and oxygen atoms in total.